The second-order valence-electron chi connectivity index (χ2n) is 7.25. The molecule has 2 aliphatic rings. The van der Waals surface area contributed by atoms with E-state index in [0.29, 0.717) is 11.8 Å². The van der Waals surface area contributed by atoms with Crippen LogP contribution in [0.25, 0.3) is 0 Å². The van der Waals surface area contributed by atoms with Crippen LogP contribution in [0.15, 0.2) is 34.3 Å². The molecule has 0 atom stereocenters. The van der Waals surface area contributed by atoms with E-state index in [9.17, 15) is 4.79 Å². The van der Waals surface area contributed by atoms with Gasteiger partial charge >= 0.3 is 0 Å². The molecular weight excluding hydrogens is 376 g/mol. The van der Waals surface area contributed by atoms with Crippen molar-refractivity contribution in [3.8, 4) is 0 Å². The number of nitrogens with zero attached hydrogens (tertiary/aromatic N) is 3. The second-order valence-corrected chi connectivity index (χ2v) is 9.23. The van der Waals surface area contributed by atoms with Gasteiger partial charge in [0.2, 0.25) is 5.91 Å². The number of rotatable bonds is 9. The number of thioether (sulfide) groups is 1. The average molecular weight is 403 g/mol. The van der Waals surface area contributed by atoms with E-state index in [1.165, 1.54) is 60.7 Å². The SMILES string of the molecule is O=C(CSc1nnc(Cc2cccs2)n1C1CC1)NCCC1=CCCCC1. The quantitative estimate of drug-likeness (QED) is 0.500. The minimum absolute atomic E-state index is 0.0848. The smallest absolute Gasteiger partial charge is 0.230 e. The molecule has 2 heterocycles. The van der Waals surface area contributed by atoms with E-state index in [-0.39, 0.29) is 5.91 Å². The first-order valence-electron chi connectivity index (χ1n) is 9.83. The largest absolute Gasteiger partial charge is 0.355 e. The Morgan fingerprint density at radius 3 is 3.00 bits per heavy atom. The number of nitrogens with one attached hydrogen (secondary N) is 1. The number of aromatic nitrogens is 3. The molecule has 5 nitrogen and oxygen atoms in total. The molecule has 0 aliphatic heterocycles. The fourth-order valence-corrected chi connectivity index (χ4v) is 5.03. The summed E-state index contributed by atoms with van der Waals surface area (Å²) in [6.45, 7) is 0.740. The summed E-state index contributed by atoms with van der Waals surface area (Å²) in [5.74, 6) is 1.51. The molecule has 0 bridgehead atoms. The lowest BCUT2D eigenvalue weighted by Gasteiger charge is -2.13. The molecule has 0 saturated heterocycles. The van der Waals surface area contributed by atoms with Gasteiger partial charge in [0.1, 0.15) is 5.82 Å². The molecule has 0 unspecified atom stereocenters. The molecule has 0 aromatic carbocycles. The van der Waals surface area contributed by atoms with Crippen molar-refractivity contribution in [3.63, 3.8) is 0 Å². The molecule has 2 aliphatic carbocycles. The van der Waals surface area contributed by atoms with E-state index in [2.05, 4.69) is 43.7 Å². The number of hydrogen-bond donors (Lipinski definition) is 1. The van der Waals surface area contributed by atoms with Crippen molar-refractivity contribution in [1.29, 1.82) is 0 Å². The zero-order valence-electron chi connectivity index (χ0n) is 15.5. The van der Waals surface area contributed by atoms with E-state index in [4.69, 9.17) is 0 Å². The van der Waals surface area contributed by atoms with Crippen LogP contribution in [0, 0.1) is 0 Å². The first kappa shape index (κ1) is 18.7. The maximum atomic E-state index is 12.2. The third kappa shape index (κ3) is 5.23. The van der Waals surface area contributed by atoms with Gasteiger partial charge in [-0.2, -0.15) is 0 Å². The van der Waals surface area contributed by atoms with Crippen LogP contribution in [0.3, 0.4) is 0 Å². The molecule has 27 heavy (non-hydrogen) atoms. The van der Waals surface area contributed by atoms with Crippen LogP contribution in [0.1, 0.15) is 61.7 Å². The zero-order chi connectivity index (χ0) is 18.5. The highest BCUT2D eigenvalue weighted by Crippen LogP contribution is 2.39. The second kappa shape index (κ2) is 9.06. The molecule has 7 heteroatoms. The molecule has 0 spiro atoms. The van der Waals surface area contributed by atoms with Gasteiger partial charge in [0.05, 0.1) is 5.75 Å². The van der Waals surface area contributed by atoms with Gasteiger partial charge in [-0.1, -0.05) is 29.5 Å². The number of hydrogen-bond acceptors (Lipinski definition) is 5. The Bertz CT molecular complexity index is 793. The molecule has 144 valence electrons. The van der Waals surface area contributed by atoms with Crippen LogP contribution in [0.5, 0.6) is 0 Å². The summed E-state index contributed by atoms with van der Waals surface area (Å²) in [6, 6.07) is 4.72. The number of amides is 1. The molecule has 1 fully saturated rings. The number of allylic oxidation sites excluding steroid dienone is 1. The van der Waals surface area contributed by atoms with Crippen LogP contribution in [0.4, 0.5) is 0 Å². The number of carbonyl (C=O) groups excluding carboxylic acids is 1. The van der Waals surface area contributed by atoms with Gasteiger partial charge in [0, 0.05) is 23.9 Å². The molecule has 2 aromatic heterocycles. The molecular formula is C20H26N4OS2. The Morgan fingerprint density at radius 2 is 2.26 bits per heavy atom. The Labute approximate surface area is 168 Å². The van der Waals surface area contributed by atoms with Crippen molar-refractivity contribution in [3.05, 3.63) is 39.9 Å². The summed E-state index contributed by atoms with van der Waals surface area (Å²) in [6.07, 6.45) is 11.5. The lowest BCUT2D eigenvalue weighted by atomic mass is 9.97. The van der Waals surface area contributed by atoms with Crippen LogP contribution >= 0.6 is 23.1 Å². The van der Waals surface area contributed by atoms with Crippen molar-refractivity contribution >= 4 is 29.0 Å². The monoisotopic (exact) mass is 402 g/mol. The van der Waals surface area contributed by atoms with Gasteiger partial charge < -0.3 is 9.88 Å². The molecule has 1 amide bonds. The van der Waals surface area contributed by atoms with Crippen LogP contribution < -0.4 is 5.32 Å². The van der Waals surface area contributed by atoms with Gasteiger partial charge in [0.15, 0.2) is 5.16 Å². The third-order valence-corrected chi connectivity index (χ3v) is 6.86. The van der Waals surface area contributed by atoms with Gasteiger partial charge in [-0.25, -0.2) is 0 Å². The highest BCUT2D eigenvalue weighted by atomic mass is 32.2. The van der Waals surface area contributed by atoms with Gasteiger partial charge in [0.25, 0.3) is 0 Å². The number of carbonyl (C=O) groups is 1. The van der Waals surface area contributed by atoms with Gasteiger partial charge in [-0.15, -0.1) is 21.5 Å². The summed E-state index contributed by atoms with van der Waals surface area (Å²) in [5, 5.41) is 14.8. The molecule has 0 radical (unpaired) electrons. The summed E-state index contributed by atoms with van der Waals surface area (Å²) in [7, 11) is 0. The normalized spacial score (nSPS) is 17.0. The Balaban J connectivity index is 1.28. The summed E-state index contributed by atoms with van der Waals surface area (Å²) in [5.41, 5.74) is 1.50. The lowest BCUT2D eigenvalue weighted by Crippen LogP contribution is -2.26. The summed E-state index contributed by atoms with van der Waals surface area (Å²) in [4.78, 5) is 13.5. The van der Waals surface area contributed by atoms with E-state index in [1.807, 2.05) is 0 Å². The van der Waals surface area contributed by atoms with Crippen LogP contribution in [-0.2, 0) is 11.2 Å². The molecule has 1 saturated carbocycles. The maximum Gasteiger partial charge on any atom is 0.230 e. The standard InChI is InChI=1S/C20H26N4OS2/c25-19(21-11-10-15-5-2-1-3-6-15)14-27-20-23-22-18(24(20)16-8-9-16)13-17-7-4-12-26-17/h4-5,7,12,16H,1-3,6,8-11,13-14H2,(H,21,25). The van der Waals surface area contributed by atoms with Crippen molar-refractivity contribution in [2.75, 3.05) is 12.3 Å². The Morgan fingerprint density at radius 1 is 1.33 bits per heavy atom. The van der Waals surface area contributed by atoms with Crippen LogP contribution in [-0.4, -0.2) is 33.0 Å². The number of thiophene rings is 1. The minimum Gasteiger partial charge on any atom is -0.355 e. The highest BCUT2D eigenvalue weighted by Gasteiger charge is 2.29. The van der Waals surface area contributed by atoms with Crippen molar-refractivity contribution in [1.82, 2.24) is 20.1 Å². The third-order valence-electron chi connectivity index (χ3n) is 5.05. The van der Waals surface area contributed by atoms with Crippen molar-refractivity contribution in [2.45, 2.75) is 62.6 Å². The Hall–Kier alpha value is -1.60. The molecule has 4 rings (SSSR count). The van der Waals surface area contributed by atoms with E-state index < -0.39 is 0 Å². The first-order chi connectivity index (χ1) is 13.3. The topological polar surface area (TPSA) is 59.8 Å². The average Bonchev–Trinajstić information content (AvgIpc) is 3.24. The zero-order valence-corrected chi connectivity index (χ0v) is 17.2. The maximum absolute atomic E-state index is 12.2. The summed E-state index contributed by atoms with van der Waals surface area (Å²) >= 11 is 3.26. The lowest BCUT2D eigenvalue weighted by molar-refractivity contribution is -0.118. The first-order valence-corrected chi connectivity index (χ1v) is 11.7. The predicted molar refractivity (Wildman–Crippen MR) is 110 cm³/mol. The van der Waals surface area contributed by atoms with Crippen molar-refractivity contribution in [2.24, 2.45) is 0 Å². The fraction of sp³-hybridized carbons (Fsp3) is 0.550. The minimum atomic E-state index is 0.0848. The Kier molecular flexibility index (Phi) is 6.29. The van der Waals surface area contributed by atoms with E-state index >= 15 is 0 Å². The van der Waals surface area contributed by atoms with Gasteiger partial charge in [-0.3, -0.25) is 4.79 Å². The molecule has 2 aromatic rings. The fourth-order valence-electron chi connectivity index (χ4n) is 3.47. The van der Waals surface area contributed by atoms with Crippen molar-refractivity contribution < 1.29 is 4.79 Å². The van der Waals surface area contributed by atoms with Crippen LogP contribution in [0.2, 0.25) is 0 Å². The van der Waals surface area contributed by atoms with E-state index in [0.717, 1.165) is 30.4 Å². The highest BCUT2D eigenvalue weighted by molar-refractivity contribution is 7.99. The molecule has 1 N–H and O–H groups in total. The van der Waals surface area contributed by atoms with E-state index in [1.54, 1.807) is 11.3 Å². The van der Waals surface area contributed by atoms with Gasteiger partial charge in [-0.05, 0) is 56.4 Å². The summed E-state index contributed by atoms with van der Waals surface area (Å²) < 4.78 is 2.25. The predicted octanol–water partition coefficient (Wildman–Crippen LogP) is 4.36.